The Bertz CT molecular complexity index is 1080. The zero-order chi connectivity index (χ0) is 20.8. The molecule has 0 unspecified atom stereocenters. The Kier molecular flexibility index (Phi) is 6.23. The van der Waals surface area contributed by atoms with Crippen LogP contribution in [0.4, 0.5) is 5.69 Å². The maximum atomic E-state index is 12.3. The molecule has 1 amide bonds. The molecule has 0 saturated carbocycles. The first-order valence-electron chi connectivity index (χ1n) is 9.17. The zero-order valence-electron chi connectivity index (χ0n) is 16.1. The molecule has 0 radical (unpaired) electrons. The van der Waals surface area contributed by atoms with Crippen molar-refractivity contribution in [2.75, 3.05) is 11.9 Å². The first-order valence-corrected chi connectivity index (χ1v) is 9.17. The van der Waals surface area contributed by atoms with Gasteiger partial charge in [0.05, 0.1) is 24.1 Å². The summed E-state index contributed by atoms with van der Waals surface area (Å²) in [6, 6.07) is 13.7. The molecule has 2 N–H and O–H groups in total. The van der Waals surface area contributed by atoms with Crippen molar-refractivity contribution in [3.63, 3.8) is 0 Å². The van der Waals surface area contributed by atoms with E-state index in [2.05, 4.69) is 15.5 Å². The number of aromatic nitrogens is 2. The zero-order valence-corrected chi connectivity index (χ0v) is 16.1. The summed E-state index contributed by atoms with van der Waals surface area (Å²) in [5.74, 6) is -0.378. The number of carbonyl (C=O) groups is 2. The van der Waals surface area contributed by atoms with Crippen molar-refractivity contribution < 1.29 is 19.1 Å². The van der Waals surface area contributed by atoms with E-state index in [0.29, 0.717) is 34.5 Å². The van der Waals surface area contributed by atoms with Crippen molar-refractivity contribution in [3.05, 3.63) is 64.6 Å². The quantitative estimate of drug-likeness (QED) is 0.595. The van der Waals surface area contributed by atoms with Crippen LogP contribution in [0, 0.1) is 0 Å². The number of aromatic amines is 1. The number of rotatable bonds is 7. The summed E-state index contributed by atoms with van der Waals surface area (Å²) in [5.41, 5.74) is 0.611. The first kappa shape index (κ1) is 20.1. The van der Waals surface area contributed by atoms with E-state index in [1.54, 1.807) is 48.5 Å². The van der Waals surface area contributed by atoms with Gasteiger partial charge in [-0.25, -0.2) is 5.10 Å². The van der Waals surface area contributed by atoms with Crippen LogP contribution in [0.25, 0.3) is 10.8 Å². The number of hydrogen-bond donors (Lipinski definition) is 2. The number of amides is 1. The van der Waals surface area contributed by atoms with E-state index in [0.717, 1.165) is 0 Å². The number of esters is 1. The number of benzene rings is 2. The lowest BCUT2D eigenvalue weighted by atomic mass is 10.1. The molecule has 0 aliphatic heterocycles. The third-order valence-electron chi connectivity index (χ3n) is 4.20. The van der Waals surface area contributed by atoms with Gasteiger partial charge >= 0.3 is 5.97 Å². The Hall–Kier alpha value is -3.68. The standard InChI is InChI=1S/C21H21N3O5/c1-3-28-15-10-8-14(9-11-15)22-20(26)13(2)29-19(25)12-18-16-6-4-5-7-17(16)21(27)24-23-18/h4-11,13H,3,12H2,1-2H3,(H,22,26)(H,24,27)/t13-/m0/s1. The van der Waals surface area contributed by atoms with Crippen LogP contribution in [0.1, 0.15) is 19.5 Å². The Morgan fingerprint density at radius 2 is 1.79 bits per heavy atom. The summed E-state index contributed by atoms with van der Waals surface area (Å²) in [6.45, 7) is 3.93. The van der Waals surface area contributed by atoms with Gasteiger partial charge in [0.25, 0.3) is 11.5 Å². The number of fused-ring (bicyclic) bond motifs is 1. The summed E-state index contributed by atoms with van der Waals surface area (Å²) >= 11 is 0. The van der Waals surface area contributed by atoms with Crippen LogP contribution in [0.15, 0.2) is 53.3 Å². The summed E-state index contributed by atoms with van der Waals surface area (Å²) in [5, 5.41) is 9.99. The highest BCUT2D eigenvalue weighted by Crippen LogP contribution is 2.16. The van der Waals surface area contributed by atoms with E-state index < -0.39 is 18.0 Å². The summed E-state index contributed by atoms with van der Waals surface area (Å²) < 4.78 is 10.6. The van der Waals surface area contributed by atoms with Gasteiger partial charge in [-0.1, -0.05) is 18.2 Å². The van der Waals surface area contributed by atoms with Gasteiger partial charge in [0.1, 0.15) is 5.75 Å². The lowest BCUT2D eigenvalue weighted by Gasteiger charge is -2.14. The molecule has 1 heterocycles. The predicted octanol–water partition coefficient (Wildman–Crippen LogP) is 2.43. The van der Waals surface area contributed by atoms with Crippen molar-refractivity contribution in [2.24, 2.45) is 0 Å². The van der Waals surface area contributed by atoms with E-state index >= 15 is 0 Å². The fourth-order valence-electron chi connectivity index (χ4n) is 2.78. The minimum Gasteiger partial charge on any atom is -0.494 e. The molecule has 0 spiro atoms. The number of H-pyrrole nitrogens is 1. The van der Waals surface area contributed by atoms with Crippen LogP contribution in [-0.2, 0) is 20.7 Å². The molecule has 8 heteroatoms. The van der Waals surface area contributed by atoms with Crippen molar-refractivity contribution >= 4 is 28.3 Å². The second-order valence-corrected chi connectivity index (χ2v) is 6.30. The predicted molar refractivity (Wildman–Crippen MR) is 108 cm³/mol. The van der Waals surface area contributed by atoms with E-state index in [4.69, 9.17) is 9.47 Å². The van der Waals surface area contributed by atoms with Crippen LogP contribution < -0.4 is 15.6 Å². The Labute approximate surface area is 166 Å². The summed E-state index contributed by atoms with van der Waals surface area (Å²) in [4.78, 5) is 36.4. The van der Waals surface area contributed by atoms with Gasteiger partial charge in [0.2, 0.25) is 0 Å². The molecule has 1 atom stereocenters. The van der Waals surface area contributed by atoms with Gasteiger partial charge in [-0.15, -0.1) is 0 Å². The molecule has 0 aliphatic rings. The SMILES string of the molecule is CCOc1ccc(NC(=O)[C@H](C)OC(=O)Cc2n[nH]c(=O)c3ccccc23)cc1. The van der Waals surface area contributed by atoms with E-state index in [1.807, 2.05) is 6.92 Å². The molecule has 8 nitrogen and oxygen atoms in total. The molecule has 0 aliphatic carbocycles. The highest BCUT2D eigenvalue weighted by molar-refractivity contribution is 5.95. The number of anilines is 1. The fourth-order valence-corrected chi connectivity index (χ4v) is 2.78. The summed E-state index contributed by atoms with van der Waals surface area (Å²) in [6.07, 6.45) is -1.17. The second-order valence-electron chi connectivity index (χ2n) is 6.30. The average molecular weight is 395 g/mol. The number of hydrogen-bond acceptors (Lipinski definition) is 6. The van der Waals surface area contributed by atoms with Crippen LogP contribution in [0.2, 0.25) is 0 Å². The fraction of sp³-hybridized carbons (Fsp3) is 0.238. The van der Waals surface area contributed by atoms with Crippen LogP contribution in [0.5, 0.6) is 5.75 Å². The van der Waals surface area contributed by atoms with Gasteiger partial charge in [-0.2, -0.15) is 5.10 Å². The smallest absolute Gasteiger partial charge is 0.312 e. The minimum absolute atomic E-state index is 0.169. The van der Waals surface area contributed by atoms with Gasteiger partial charge in [-0.05, 0) is 44.2 Å². The lowest BCUT2D eigenvalue weighted by Crippen LogP contribution is -2.30. The van der Waals surface area contributed by atoms with Crippen molar-refractivity contribution in [1.29, 1.82) is 0 Å². The van der Waals surface area contributed by atoms with Crippen molar-refractivity contribution in [1.82, 2.24) is 10.2 Å². The average Bonchev–Trinajstić information content (AvgIpc) is 2.72. The second kappa shape index (κ2) is 9.01. The largest absolute Gasteiger partial charge is 0.494 e. The Morgan fingerprint density at radius 3 is 2.48 bits per heavy atom. The van der Waals surface area contributed by atoms with Gasteiger partial charge in [0, 0.05) is 11.1 Å². The molecular weight excluding hydrogens is 374 g/mol. The third kappa shape index (κ3) is 4.98. The monoisotopic (exact) mass is 395 g/mol. The molecule has 3 aromatic rings. The number of ether oxygens (including phenoxy) is 2. The molecular formula is C21H21N3O5. The number of carbonyl (C=O) groups excluding carboxylic acids is 2. The molecule has 150 valence electrons. The van der Waals surface area contributed by atoms with E-state index in [-0.39, 0.29) is 12.0 Å². The topological polar surface area (TPSA) is 110 Å². The van der Waals surface area contributed by atoms with Crippen molar-refractivity contribution in [3.8, 4) is 5.75 Å². The molecule has 2 aromatic carbocycles. The van der Waals surface area contributed by atoms with E-state index in [9.17, 15) is 14.4 Å². The summed E-state index contributed by atoms with van der Waals surface area (Å²) in [7, 11) is 0. The third-order valence-corrected chi connectivity index (χ3v) is 4.20. The maximum absolute atomic E-state index is 12.3. The van der Waals surface area contributed by atoms with E-state index in [1.165, 1.54) is 6.92 Å². The number of nitrogens with one attached hydrogen (secondary N) is 2. The molecule has 0 fully saturated rings. The number of nitrogens with zero attached hydrogens (tertiary/aromatic N) is 1. The lowest BCUT2D eigenvalue weighted by molar-refractivity contribution is -0.152. The normalized spacial score (nSPS) is 11.7. The van der Waals surface area contributed by atoms with Gasteiger partial charge in [0.15, 0.2) is 6.10 Å². The van der Waals surface area contributed by atoms with Crippen molar-refractivity contribution in [2.45, 2.75) is 26.4 Å². The first-order chi connectivity index (χ1) is 14.0. The minimum atomic E-state index is -0.997. The Balaban J connectivity index is 1.61. The van der Waals surface area contributed by atoms with Crippen LogP contribution in [-0.4, -0.2) is 34.8 Å². The van der Waals surface area contributed by atoms with Gasteiger partial charge < -0.3 is 14.8 Å². The molecule has 1 aromatic heterocycles. The molecule has 0 saturated heterocycles. The molecule has 3 rings (SSSR count). The van der Waals surface area contributed by atoms with Crippen LogP contribution >= 0.6 is 0 Å². The maximum Gasteiger partial charge on any atom is 0.312 e. The Morgan fingerprint density at radius 1 is 1.10 bits per heavy atom. The molecule has 29 heavy (non-hydrogen) atoms. The highest BCUT2D eigenvalue weighted by Gasteiger charge is 2.19. The van der Waals surface area contributed by atoms with Gasteiger partial charge in [-0.3, -0.25) is 14.4 Å². The molecule has 0 bridgehead atoms. The van der Waals surface area contributed by atoms with Crippen LogP contribution in [0.3, 0.4) is 0 Å². The highest BCUT2D eigenvalue weighted by atomic mass is 16.5.